The van der Waals surface area contributed by atoms with Crippen molar-refractivity contribution >= 4 is 5.69 Å². The Morgan fingerprint density at radius 3 is 2.76 bits per heavy atom. The van der Waals surface area contributed by atoms with Crippen LogP contribution >= 0.6 is 0 Å². The molecule has 2 nitrogen and oxygen atoms in total. The molecular weight excluding hydrogens is 208 g/mol. The van der Waals surface area contributed by atoms with E-state index in [9.17, 15) is 0 Å². The van der Waals surface area contributed by atoms with Crippen molar-refractivity contribution in [1.82, 2.24) is 5.32 Å². The summed E-state index contributed by atoms with van der Waals surface area (Å²) in [6.45, 7) is 6.89. The van der Waals surface area contributed by atoms with E-state index in [2.05, 4.69) is 55.4 Å². The van der Waals surface area contributed by atoms with E-state index in [0.717, 1.165) is 6.54 Å². The minimum Gasteiger partial charge on any atom is -0.370 e. The molecule has 1 unspecified atom stereocenters. The molecule has 0 amide bonds. The molecule has 0 aliphatic carbocycles. The van der Waals surface area contributed by atoms with Crippen LogP contribution in [0.3, 0.4) is 0 Å². The smallest absolute Gasteiger partial charge is 0.0401 e. The summed E-state index contributed by atoms with van der Waals surface area (Å²) in [5.41, 5.74) is 2.91. The van der Waals surface area contributed by atoms with Gasteiger partial charge in [0.05, 0.1) is 0 Å². The van der Waals surface area contributed by atoms with Crippen molar-refractivity contribution in [3.05, 3.63) is 29.8 Å². The Morgan fingerprint density at radius 1 is 1.29 bits per heavy atom. The fourth-order valence-corrected chi connectivity index (χ4v) is 2.70. The molecule has 1 fully saturated rings. The van der Waals surface area contributed by atoms with Crippen LogP contribution in [0.2, 0.25) is 0 Å². The van der Waals surface area contributed by atoms with Crippen LogP contribution in [0.5, 0.6) is 0 Å². The molecule has 0 aromatic heterocycles. The number of anilines is 1. The minimum absolute atomic E-state index is 0.598. The van der Waals surface area contributed by atoms with E-state index in [1.165, 1.54) is 30.6 Å². The maximum Gasteiger partial charge on any atom is 0.0401 e. The van der Waals surface area contributed by atoms with Crippen molar-refractivity contribution in [1.29, 1.82) is 0 Å². The summed E-state index contributed by atoms with van der Waals surface area (Å²) < 4.78 is 0. The Kier molecular flexibility index (Phi) is 4.06. The molecule has 1 aliphatic heterocycles. The summed E-state index contributed by atoms with van der Waals surface area (Å²) in [6, 6.07) is 9.49. The predicted octanol–water partition coefficient (Wildman–Crippen LogP) is 3.00. The highest BCUT2D eigenvalue weighted by Crippen LogP contribution is 2.29. The zero-order valence-corrected chi connectivity index (χ0v) is 11.2. The van der Waals surface area contributed by atoms with Gasteiger partial charge in [0.25, 0.3) is 0 Å². The maximum absolute atomic E-state index is 3.41. The van der Waals surface area contributed by atoms with E-state index in [-0.39, 0.29) is 0 Å². The van der Waals surface area contributed by atoms with Gasteiger partial charge in [-0.3, -0.25) is 0 Å². The Bertz CT molecular complexity index is 360. The van der Waals surface area contributed by atoms with Gasteiger partial charge in [-0.05, 0) is 37.4 Å². The molecule has 1 N–H and O–H groups in total. The fourth-order valence-electron chi connectivity index (χ4n) is 2.70. The first-order chi connectivity index (χ1) is 8.22. The van der Waals surface area contributed by atoms with Gasteiger partial charge >= 0.3 is 0 Å². The Balaban J connectivity index is 2.21. The van der Waals surface area contributed by atoms with E-state index in [1.807, 2.05) is 0 Å². The van der Waals surface area contributed by atoms with E-state index in [1.54, 1.807) is 0 Å². The average molecular weight is 232 g/mol. The van der Waals surface area contributed by atoms with Gasteiger partial charge in [0.1, 0.15) is 0 Å². The summed E-state index contributed by atoms with van der Waals surface area (Å²) >= 11 is 0. The molecule has 1 saturated heterocycles. The molecule has 2 heteroatoms. The monoisotopic (exact) mass is 232 g/mol. The third-order valence-electron chi connectivity index (χ3n) is 3.73. The van der Waals surface area contributed by atoms with Crippen LogP contribution < -0.4 is 10.2 Å². The van der Waals surface area contributed by atoms with Crippen LogP contribution in [-0.2, 0) is 0 Å². The summed E-state index contributed by atoms with van der Waals surface area (Å²) in [7, 11) is 2.07. The van der Waals surface area contributed by atoms with Crippen molar-refractivity contribution in [3.63, 3.8) is 0 Å². The summed E-state index contributed by atoms with van der Waals surface area (Å²) in [4.78, 5) is 2.54. The van der Waals surface area contributed by atoms with Crippen molar-refractivity contribution in [2.45, 2.75) is 38.6 Å². The number of hydrogen-bond donors (Lipinski definition) is 1. The summed E-state index contributed by atoms with van der Waals surface area (Å²) in [5.74, 6) is 0.598. The van der Waals surface area contributed by atoms with Crippen molar-refractivity contribution in [2.75, 3.05) is 25.0 Å². The van der Waals surface area contributed by atoms with Crippen molar-refractivity contribution in [2.24, 2.45) is 0 Å². The van der Waals surface area contributed by atoms with E-state index < -0.39 is 0 Å². The van der Waals surface area contributed by atoms with Gasteiger partial charge in [-0.25, -0.2) is 0 Å². The molecule has 0 bridgehead atoms. The summed E-state index contributed by atoms with van der Waals surface area (Å²) in [6.07, 6.45) is 2.59. The fraction of sp³-hybridized carbons (Fsp3) is 0.600. The zero-order chi connectivity index (χ0) is 12.3. The second-order valence-corrected chi connectivity index (χ2v) is 5.29. The third-order valence-corrected chi connectivity index (χ3v) is 3.73. The zero-order valence-electron chi connectivity index (χ0n) is 11.2. The molecule has 1 aromatic carbocycles. The topological polar surface area (TPSA) is 15.3 Å². The van der Waals surface area contributed by atoms with E-state index in [4.69, 9.17) is 0 Å². The molecule has 1 atom stereocenters. The number of rotatable bonds is 3. The van der Waals surface area contributed by atoms with Crippen molar-refractivity contribution < 1.29 is 0 Å². The number of likely N-dealkylation sites (N-methyl/N-ethyl adjacent to an activating group) is 1. The Morgan fingerprint density at radius 2 is 2.06 bits per heavy atom. The number of nitrogens with zero attached hydrogens (tertiary/aromatic N) is 1. The van der Waals surface area contributed by atoms with Gasteiger partial charge in [0, 0.05) is 24.8 Å². The Hall–Kier alpha value is -1.02. The van der Waals surface area contributed by atoms with E-state index in [0.29, 0.717) is 12.0 Å². The largest absolute Gasteiger partial charge is 0.370 e. The van der Waals surface area contributed by atoms with Crippen LogP contribution in [0, 0.1) is 0 Å². The molecule has 1 aliphatic rings. The maximum atomic E-state index is 3.41. The molecule has 0 saturated carbocycles. The highest BCUT2D eigenvalue weighted by atomic mass is 15.2. The molecule has 2 rings (SSSR count). The van der Waals surface area contributed by atoms with Gasteiger partial charge < -0.3 is 10.2 Å². The lowest BCUT2D eigenvalue weighted by molar-refractivity contribution is 0.449. The molecule has 94 valence electrons. The van der Waals surface area contributed by atoms with Crippen LogP contribution in [0.15, 0.2) is 24.3 Å². The van der Waals surface area contributed by atoms with Crippen LogP contribution in [0.25, 0.3) is 0 Å². The van der Waals surface area contributed by atoms with Crippen LogP contribution in [-0.4, -0.2) is 26.2 Å². The lowest BCUT2D eigenvalue weighted by Crippen LogP contribution is -2.44. The second kappa shape index (κ2) is 5.54. The van der Waals surface area contributed by atoms with Gasteiger partial charge in [0.2, 0.25) is 0 Å². The predicted molar refractivity (Wildman–Crippen MR) is 74.8 cm³/mol. The highest BCUT2D eigenvalue weighted by molar-refractivity contribution is 5.55. The first-order valence-electron chi connectivity index (χ1n) is 6.73. The molecule has 0 radical (unpaired) electrons. The van der Waals surface area contributed by atoms with Gasteiger partial charge in [-0.1, -0.05) is 32.0 Å². The molecule has 0 spiro atoms. The minimum atomic E-state index is 0.598. The quantitative estimate of drug-likeness (QED) is 0.862. The number of hydrogen-bond acceptors (Lipinski definition) is 2. The van der Waals surface area contributed by atoms with Gasteiger partial charge in [-0.15, -0.1) is 0 Å². The standard InChI is InChI=1S/C15H24N2/c1-12(2)14-8-4-5-9-15(14)17-10-6-7-13(11-17)16-3/h4-5,8-9,12-13,16H,6-7,10-11H2,1-3H3. The van der Waals surface area contributed by atoms with Crippen LogP contribution in [0.4, 0.5) is 5.69 Å². The first-order valence-corrected chi connectivity index (χ1v) is 6.73. The van der Waals surface area contributed by atoms with E-state index >= 15 is 0 Å². The number of benzene rings is 1. The van der Waals surface area contributed by atoms with Gasteiger partial charge in [-0.2, -0.15) is 0 Å². The van der Waals surface area contributed by atoms with Crippen molar-refractivity contribution in [3.8, 4) is 0 Å². The number of para-hydroxylation sites is 1. The summed E-state index contributed by atoms with van der Waals surface area (Å²) in [5, 5.41) is 3.41. The molecule has 1 aromatic rings. The Labute approximate surface area is 105 Å². The average Bonchev–Trinajstić information content (AvgIpc) is 2.39. The highest BCUT2D eigenvalue weighted by Gasteiger charge is 2.20. The first kappa shape index (κ1) is 12.4. The lowest BCUT2D eigenvalue weighted by Gasteiger charge is -2.36. The van der Waals surface area contributed by atoms with Gasteiger partial charge in [0.15, 0.2) is 0 Å². The number of piperidine rings is 1. The second-order valence-electron chi connectivity index (χ2n) is 5.29. The number of nitrogens with one attached hydrogen (secondary N) is 1. The normalized spacial score (nSPS) is 20.9. The molecule has 17 heavy (non-hydrogen) atoms. The molecule has 1 heterocycles. The third kappa shape index (κ3) is 2.81. The lowest BCUT2D eigenvalue weighted by atomic mass is 9.98. The van der Waals surface area contributed by atoms with Crippen LogP contribution in [0.1, 0.15) is 38.2 Å². The SMILES string of the molecule is CNC1CCCN(c2ccccc2C(C)C)C1. The molecular formula is C15H24N2.